The van der Waals surface area contributed by atoms with Crippen LogP contribution in [0.3, 0.4) is 0 Å². The predicted molar refractivity (Wildman–Crippen MR) is 65.8 cm³/mol. The van der Waals surface area contributed by atoms with E-state index in [0.717, 1.165) is 13.1 Å². The lowest BCUT2D eigenvalue weighted by atomic mass is 10.1. The van der Waals surface area contributed by atoms with Gasteiger partial charge in [0.15, 0.2) is 0 Å². The minimum absolute atomic E-state index is 0.0178. The van der Waals surface area contributed by atoms with Gasteiger partial charge in [-0.2, -0.15) is 0 Å². The second-order valence-electron chi connectivity index (χ2n) is 5.10. The Morgan fingerprint density at radius 1 is 1.41 bits per heavy atom. The van der Waals surface area contributed by atoms with Crippen molar-refractivity contribution in [3.8, 4) is 0 Å². The van der Waals surface area contributed by atoms with Crippen molar-refractivity contribution in [2.24, 2.45) is 0 Å². The first-order chi connectivity index (χ1) is 7.89. The average molecular weight is 239 g/mol. The minimum atomic E-state index is -0.748. The van der Waals surface area contributed by atoms with E-state index in [0.29, 0.717) is 6.54 Å². The predicted octanol–water partition coefficient (Wildman–Crippen LogP) is 1.46. The molecule has 1 N–H and O–H groups in total. The van der Waals surface area contributed by atoms with E-state index < -0.39 is 5.97 Å². The third-order valence-corrected chi connectivity index (χ3v) is 2.73. The highest BCUT2D eigenvalue weighted by Gasteiger charge is 2.21. The highest BCUT2D eigenvalue weighted by atomic mass is 16.4. The molecule has 1 heterocycles. The number of aliphatic carboxylic acids is 1. The van der Waals surface area contributed by atoms with Crippen molar-refractivity contribution in [2.45, 2.75) is 39.3 Å². The second kappa shape index (κ2) is 5.82. The van der Waals surface area contributed by atoms with Crippen LogP contribution in [0, 0.1) is 0 Å². The van der Waals surface area contributed by atoms with Crippen LogP contribution in [0.25, 0.3) is 0 Å². The van der Waals surface area contributed by atoms with Crippen molar-refractivity contribution < 1.29 is 9.90 Å². The molecule has 1 aromatic rings. The lowest BCUT2D eigenvalue weighted by Crippen LogP contribution is -2.44. The smallest absolute Gasteiger partial charge is 0.304 e. The van der Waals surface area contributed by atoms with Crippen LogP contribution in [-0.4, -0.2) is 44.2 Å². The number of carbonyl (C=O) groups is 1. The Kier molecular flexibility index (Phi) is 4.69. The van der Waals surface area contributed by atoms with Gasteiger partial charge in [-0.15, -0.1) is 0 Å². The molecule has 0 unspecified atom stereocenters. The highest BCUT2D eigenvalue weighted by molar-refractivity contribution is 5.66. The monoisotopic (exact) mass is 239 g/mol. The Balaban J connectivity index is 2.49. The van der Waals surface area contributed by atoms with E-state index in [-0.39, 0.29) is 12.0 Å². The third kappa shape index (κ3) is 4.99. The zero-order valence-electron chi connectivity index (χ0n) is 10.8. The fourth-order valence-corrected chi connectivity index (χ4v) is 1.67. The van der Waals surface area contributed by atoms with E-state index in [2.05, 4.69) is 30.7 Å². The molecule has 0 saturated carbocycles. The topological polar surface area (TPSA) is 58.4 Å². The van der Waals surface area contributed by atoms with Gasteiger partial charge < -0.3 is 9.67 Å². The molecule has 0 radical (unpaired) electrons. The second-order valence-corrected chi connectivity index (χ2v) is 5.10. The highest BCUT2D eigenvalue weighted by Crippen LogP contribution is 2.13. The van der Waals surface area contributed by atoms with E-state index in [1.165, 1.54) is 0 Å². The Bertz CT molecular complexity index is 341. The van der Waals surface area contributed by atoms with Gasteiger partial charge in [-0.05, 0) is 20.8 Å². The van der Waals surface area contributed by atoms with E-state index in [1.807, 2.05) is 10.8 Å². The van der Waals surface area contributed by atoms with Gasteiger partial charge in [0.25, 0.3) is 0 Å². The lowest BCUT2D eigenvalue weighted by Gasteiger charge is -2.35. The number of hydrogen-bond acceptors (Lipinski definition) is 3. The number of nitrogens with zero attached hydrogens (tertiary/aromatic N) is 3. The number of carboxylic acids is 1. The molecule has 96 valence electrons. The Hall–Kier alpha value is -1.36. The van der Waals surface area contributed by atoms with Gasteiger partial charge in [0.05, 0.1) is 12.7 Å². The molecular weight excluding hydrogens is 218 g/mol. The van der Waals surface area contributed by atoms with Gasteiger partial charge >= 0.3 is 5.97 Å². The summed E-state index contributed by atoms with van der Waals surface area (Å²) in [5.41, 5.74) is -0.0178. The van der Waals surface area contributed by atoms with Gasteiger partial charge in [0.2, 0.25) is 0 Å². The molecule has 17 heavy (non-hydrogen) atoms. The summed E-state index contributed by atoms with van der Waals surface area (Å²) in [5.74, 6) is -0.748. The van der Waals surface area contributed by atoms with Crippen LogP contribution in [0.5, 0.6) is 0 Å². The molecule has 5 heteroatoms. The van der Waals surface area contributed by atoms with Crippen LogP contribution >= 0.6 is 0 Å². The van der Waals surface area contributed by atoms with E-state index in [1.54, 1.807) is 12.5 Å². The minimum Gasteiger partial charge on any atom is -0.481 e. The van der Waals surface area contributed by atoms with Crippen molar-refractivity contribution in [1.82, 2.24) is 14.5 Å². The lowest BCUT2D eigenvalue weighted by molar-refractivity contribution is -0.137. The molecule has 0 aromatic carbocycles. The molecule has 0 saturated heterocycles. The number of hydrogen-bond donors (Lipinski definition) is 1. The molecule has 0 spiro atoms. The van der Waals surface area contributed by atoms with E-state index in [9.17, 15) is 4.79 Å². The number of rotatable bonds is 6. The molecule has 1 rings (SSSR count). The summed E-state index contributed by atoms with van der Waals surface area (Å²) in [4.78, 5) is 16.8. The fraction of sp³-hybridized carbons (Fsp3) is 0.667. The quantitative estimate of drug-likeness (QED) is 0.816. The summed E-state index contributed by atoms with van der Waals surface area (Å²) in [5, 5.41) is 8.74. The molecule has 1 aromatic heterocycles. The first-order valence-electron chi connectivity index (χ1n) is 5.82. The van der Waals surface area contributed by atoms with Gasteiger partial charge in [0, 0.05) is 37.6 Å². The Morgan fingerprint density at radius 3 is 2.59 bits per heavy atom. The summed E-state index contributed by atoms with van der Waals surface area (Å²) < 4.78 is 2.00. The van der Waals surface area contributed by atoms with Crippen LogP contribution in [0.2, 0.25) is 0 Å². The fourth-order valence-electron chi connectivity index (χ4n) is 1.67. The summed E-state index contributed by atoms with van der Waals surface area (Å²) in [6, 6.07) is 0. The Labute approximate surface area is 102 Å². The first-order valence-corrected chi connectivity index (χ1v) is 5.82. The SMILES string of the molecule is CC(C)(C)N(CCC(=O)O)CCn1ccnc1. The third-order valence-electron chi connectivity index (χ3n) is 2.73. The maximum absolute atomic E-state index is 10.6. The van der Waals surface area contributed by atoms with Crippen molar-refractivity contribution in [3.05, 3.63) is 18.7 Å². The molecule has 0 aliphatic rings. The van der Waals surface area contributed by atoms with Crippen LogP contribution in [0.15, 0.2) is 18.7 Å². The summed E-state index contributed by atoms with van der Waals surface area (Å²) in [7, 11) is 0. The van der Waals surface area contributed by atoms with E-state index in [4.69, 9.17) is 5.11 Å². The van der Waals surface area contributed by atoms with Gasteiger partial charge in [0.1, 0.15) is 0 Å². The van der Waals surface area contributed by atoms with Crippen molar-refractivity contribution in [3.63, 3.8) is 0 Å². The molecule has 0 bridgehead atoms. The molecular formula is C12H21N3O2. The zero-order chi connectivity index (χ0) is 12.9. The number of imidazole rings is 1. The zero-order valence-corrected chi connectivity index (χ0v) is 10.8. The largest absolute Gasteiger partial charge is 0.481 e. The van der Waals surface area contributed by atoms with E-state index >= 15 is 0 Å². The summed E-state index contributed by atoms with van der Waals surface area (Å²) in [6.45, 7) is 8.53. The van der Waals surface area contributed by atoms with Crippen molar-refractivity contribution >= 4 is 5.97 Å². The van der Waals surface area contributed by atoms with Crippen LogP contribution in [0.4, 0.5) is 0 Å². The van der Waals surface area contributed by atoms with Gasteiger partial charge in [-0.25, -0.2) is 4.98 Å². The summed E-state index contributed by atoms with van der Waals surface area (Å²) >= 11 is 0. The van der Waals surface area contributed by atoms with Crippen molar-refractivity contribution in [1.29, 1.82) is 0 Å². The number of carboxylic acid groups (broad SMARTS) is 1. The van der Waals surface area contributed by atoms with Crippen LogP contribution in [0.1, 0.15) is 27.2 Å². The summed E-state index contributed by atoms with van der Waals surface area (Å²) in [6.07, 6.45) is 5.62. The van der Waals surface area contributed by atoms with Gasteiger partial charge in [-0.1, -0.05) is 0 Å². The molecule has 0 aliphatic carbocycles. The van der Waals surface area contributed by atoms with Crippen LogP contribution in [-0.2, 0) is 11.3 Å². The number of aromatic nitrogens is 2. The average Bonchev–Trinajstić information content (AvgIpc) is 2.67. The molecule has 5 nitrogen and oxygen atoms in total. The standard InChI is InChI=1S/C12H21N3O2/c1-12(2,3)15(6-4-11(16)17)9-8-14-7-5-13-10-14/h5,7,10H,4,6,8-9H2,1-3H3,(H,16,17). The normalized spacial score (nSPS) is 12.0. The molecule has 0 fully saturated rings. The van der Waals surface area contributed by atoms with Crippen molar-refractivity contribution in [2.75, 3.05) is 13.1 Å². The molecule has 0 aliphatic heterocycles. The molecule has 0 amide bonds. The maximum Gasteiger partial charge on any atom is 0.304 e. The molecule has 0 atom stereocenters. The van der Waals surface area contributed by atoms with Crippen LogP contribution < -0.4 is 0 Å². The first kappa shape index (κ1) is 13.7. The maximum atomic E-state index is 10.6. The Morgan fingerprint density at radius 2 is 2.12 bits per heavy atom. The van der Waals surface area contributed by atoms with Gasteiger partial charge in [-0.3, -0.25) is 9.69 Å².